The molecule has 3 aliphatic rings. The Morgan fingerprint density at radius 1 is 1.12 bits per heavy atom. The van der Waals surface area contributed by atoms with E-state index in [0.717, 1.165) is 10.0 Å². The monoisotopic (exact) mass is 656 g/mol. The predicted octanol–water partition coefficient (Wildman–Crippen LogP) is 4.76. The number of methoxy groups -OCH3 is 1. The normalized spacial score (nSPS) is 36.5. The number of phenols is 1. The molecule has 3 saturated heterocycles. The number of hydrogen-bond acceptors (Lipinski definition) is 10. The first-order valence-electron chi connectivity index (χ1n) is 14.7. The first kappa shape index (κ1) is 33.1. The molecule has 1 spiro atoms. The number of fused-ring (bicyclic) bond motifs is 2. The van der Waals surface area contributed by atoms with Gasteiger partial charge in [-0.1, -0.05) is 50.5 Å². The topological polar surface area (TPSA) is 141 Å². The van der Waals surface area contributed by atoms with E-state index in [0.29, 0.717) is 19.3 Å². The van der Waals surface area contributed by atoms with Gasteiger partial charge in [0.25, 0.3) is 0 Å². The molecule has 3 fully saturated rings. The summed E-state index contributed by atoms with van der Waals surface area (Å²) in [5, 5.41) is 31.5. The zero-order chi connectivity index (χ0) is 31.0. The maximum Gasteiger partial charge on any atom is 0.311 e. The average Bonchev–Trinajstić information content (AvgIpc) is 2.90. The Morgan fingerprint density at radius 2 is 1.83 bits per heavy atom. The van der Waals surface area contributed by atoms with Crippen LogP contribution in [0.4, 0.5) is 0 Å². The first-order valence-corrected chi connectivity index (χ1v) is 15.5. The number of esters is 2. The van der Waals surface area contributed by atoms with Gasteiger partial charge in [-0.2, -0.15) is 0 Å². The number of carbonyl (C=O) groups is 2. The Kier molecular flexibility index (Phi) is 10.0. The van der Waals surface area contributed by atoms with Crippen LogP contribution >= 0.6 is 15.9 Å². The third kappa shape index (κ3) is 6.66. The zero-order valence-electron chi connectivity index (χ0n) is 25.3. The van der Waals surface area contributed by atoms with Crippen molar-refractivity contribution in [1.82, 2.24) is 0 Å². The Balaban J connectivity index is 1.66. The lowest BCUT2D eigenvalue weighted by Crippen LogP contribution is -2.68. The van der Waals surface area contributed by atoms with Gasteiger partial charge in [0, 0.05) is 35.3 Å². The number of ether oxygens (including phenoxy) is 5. The van der Waals surface area contributed by atoms with Crippen molar-refractivity contribution in [2.45, 2.75) is 109 Å². The van der Waals surface area contributed by atoms with E-state index >= 15 is 0 Å². The van der Waals surface area contributed by atoms with E-state index in [2.05, 4.69) is 22.9 Å². The maximum absolute atomic E-state index is 13.0. The lowest BCUT2D eigenvalue weighted by molar-refractivity contribution is -0.451. The van der Waals surface area contributed by atoms with Crippen molar-refractivity contribution < 1.29 is 48.6 Å². The fraction of sp³-hybridized carbons (Fsp3) is 0.742. The van der Waals surface area contributed by atoms with Gasteiger partial charge >= 0.3 is 11.9 Å². The molecule has 0 radical (unpaired) electrons. The minimum absolute atomic E-state index is 0.0537. The number of carbonyl (C=O) groups excluding carboxylic acids is 2. The van der Waals surface area contributed by atoms with E-state index in [1.165, 1.54) is 0 Å². The van der Waals surface area contributed by atoms with E-state index < -0.39 is 66.2 Å². The number of rotatable bonds is 7. The third-order valence-electron chi connectivity index (χ3n) is 9.49. The third-order valence-corrected chi connectivity index (χ3v) is 10.2. The van der Waals surface area contributed by atoms with Crippen LogP contribution < -0.4 is 0 Å². The molecule has 0 aliphatic carbocycles. The van der Waals surface area contributed by atoms with Crippen LogP contribution in [0.25, 0.3) is 0 Å². The van der Waals surface area contributed by atoms with Crippen molar-refractivity contribution in [2.75, 3.05) is 13.7 Å². The van der Waals surface area contributed by atoms with Crippen LogP contribution in [0, 0.1) is 23.2 Å². The number of aliphatic hydroxyl groups excluding tert-OH is 1. The van der Waals surface area contributed by atoms with Crippen LogP contribution in [0.1, 0.15) is 84.8 Å². The number of aliphatic hydroxyl groups is 2. The van der Waals surface area contributed by atoms with Crippen molar-refractivity contribution in [3.8, 4) is 5.75 Å². The predicted molar refractivity (Wildman–Crippen MR) is 155 cm³/mol. The van der Waals surface area contributed by atoms with E-state index in [1.54, 1.807) is 25.3 Å². The number of hydrogen-bond donors (Lipinski definition) is 3. The maximum atomic E-state index is 13.0. The van der Waals surface area contributed by atoms with Crippen molar-refractivity contribution in [2.24, 2.45) is 23.2 Å². The number of phenolic OH excluding ortho intramolecular Hbond substituents is 1. The Morgan fingerprint density at radius 3 is 2.50 bits per heavy atom. The summed E-state index contributed by atoms with van der Waals surface area (Å²) in [6.07, 6.45) is -1.21. The Bertz CT molecular complexity index is 1140. The second-order valence-electron chi connectivity index (χ2n) is 13.0. The van der Waals surface area contributed by atoms with E-state index in [-0.39, 0.29) is 36.5 Å². The molecule has 0 amide bonds. The Hall–Kier alpha value is -1.76. The summed E-state index contributed by atoms with van der Waals surface area (Å²) in [5.41, 5.74) is 0.228. The molecular formula is C31H45BrO10. The van der Waals surface area contributed by atoms with Crippen LogP contribution in [-0.2, 0) is 33.3 Å². The first-order chi connectivity index (χ1) is 19.6. The molecule has 3 N–H and O–H groups in total. The van der Waals surface area contributed by atoms with Gasteiger partial charge in [0.15, 0.2) is 11.6 Å². The Labute approximate surface area is 256 Å². The number of cyclic esters (lactones) is 1. The fourth-order valence-electron chi connectivity index (χ4n) is 6.87. The van der Waals surface area contributed by atoms with Crippen molar-refractivity contribution in [3.05, 3.63) is 28.2 Å². The molecule has 3 aliphatic heterocycles. The van der Waals surface area contributed by atoms with Crippen molar-refractivity contribution in [3.63, 3.8) is 0 Å². The van der Waals surface area contributed by atoms with Gasteiger partial charge in [-0.05, 0) is 48.9 Å². The molecule has 236 valence electrons. The average molecular weight is 658 g/mol. The van der Waals surface area contributed by atoms with Gasteiger partial charge < -0.3 is 39.0 Å². The minimum atomic E-state index is -1.88. The zero-order valence-corrected chi connectivity index (χ0v) is 26.9. The smallest absolute Gasteiger partial charge is 0.311 e. The van der Waals surface area contributed by atoms with Gasteiger partial charge in [-0.25, -0.2) is 0 Å². The SMILES string of the molecule is CO[C@@H](CC[C@H](C)C1O[C@@]23C[C@H](OC(=O)C[C@H](CO)OC(=O)C[C@](O)(O2)[C@H](C)CC3(C)C)[C@@H]1C)c1cc(O)ccc1Br. The lowest BCUT2D eigenvalue weighted by Gasteiger charge is -2.61. The highest BCUT2D eigenvalue weighted by molar-refractivity contribution is 9.10. The number of benzene rings is 1. The van der Waals surface area contributed by atoms with E-state index in [1.807, 2.05) is 27.7 Å². The van der Waals surface area contributed by atoms with Crippen LogP contribution in [-0.4, -0.2) is 70.9 Å². The molecule has 1 aromatic carbocycles. The van der Waals surface area contributed by atoms with Gasteiger partial charge in [-0.3, -0.25) is 9.59 Å². The summed E-state index contributed by atoms with van der Waals surface area (Å²) in [6, 6.07) is 5.07. The highest BCUT2D eigenvalue weighted by Gasteiger charge is 2.64. The van der Waals surface area contributed by atoms with E-state index in [4.69, 9.17) is 23.7 Å². The van der Waals surface area contributed by atoms with Gasteiger partial charge in [0.1, 0.15) is 18.0 Å². The quantitative estimate of drug-likeness (QED) is 0.352. The van der Waals surface area contributed by atoms with Gasteiger partial charge in [-0.15, -0.1) is 0 Å². The van der Waals surface area contributed by atoms with E-state index in [9.17, 15) is 24.9 Å². The molecule has 10 nitrogen and oxygen atoms in total. The van der Waals surface area contributed by atoms with Gasteiger partial charge in [0.05, 0.1) is 31.7 Å². The molecule has 1 unspecified atom stereocenters. The summed E-state index contributed by atoms with van der Waals surface area (Å²) in [5.74, 6) is -5.15. The minimum Gasteiger partial charge on any atom is -0.508 e. The fourth-order valence-corrected chi connectivity index (χ4v) is 7.38. The van der Waals surface area contributed by atoms with Crippen LogP contribution in [0.15, 0.2) is 22.7 Å². The summed E-state index contributed by atoms with van der Waals surface area (Å²) in [6.45, 7) is 9.33. The largest absolute Gasteiger partial charge is 0.508 e. The molecule has 0 saturated carbocycles. The lowest BCUT2D eigenvalue weighted by atomic mass is 9.66. The number of aromatic hydroxyl groups is 1. The molecule has 9 atom stereocenters. The van der Waals surface area contributed by atoms with Crippen LogP contribution in [0.3, 0.4) is 0 Å². The second-order valence-corrected chi connectivity index (χ2v) is 13.9. The molecule has 42 heavy (non-hydrogen) atoms. The van der Waals surface area contributed by atoms with Crippen molar-refractivity contribution >= 4 is 27.9 Å². The highest BCUT2D eigenvalue weighted by atomic mass is 79.9. The molecule has 3 heterocycles. The molecular weight excluding hydrogens is 612 g/mol. The summed E-state index contributed by atoms with van der Waals surface area (Å²) < 4.78 is 31.3. The van der Waals surface area contributed by atoms with Crippen molar-refractivity contribution in [1.29, 1.82) is 0 Å². The van der Waals surface area contributed by atoms with Crippen LogP contribution in [0.5, 0.6) is 5.75 Å². The highest BCUT2D eigenvalue weighted by Crippen LogP contribution is 2.57. The molecule has 1 aromatic rings. The standard InChI is InChI=1S/C31H45BrO10/c1-17(7-10-24(38-6)22-11-20(34)8-9-23(22)32)28-19(3)25-14-31(41-28)29(4,5)13-18(2)30(37,42-31)15-27(36)39-21(16-33)12-26(35)40-25/h8-9,11,17-19,21,24-25,28,33-34,37H,7,10,12-16H2,1-6H3/t17-,18+,19-,21+,24-,25-,28?,30-,31-/m0/s1. The summed E-state index contributed by atoms with van der Waals surface area (Å²) >= 11 is 3.56. The molecule has 11 heteroatoms. The van der Waals surface area contributed by atoms with Crippen LogP contribution in [0.2, 0.25) is 0 Å². The summed E-state index contributed by atoms with van der Waals surface area (Å²) in [4.78, 5) is 25.8. The molecule has 0 aromatic heterocycles. The van der Waals surface area contributed by atoms with Gasteiger partial charge in [0.2, 0.25) is 0 Å². The molecule has 4 rings (SSSR count). The number of halogens is 1. The second kappa shape index (κ2) is 12.7. The summed E-state index contributed by atoms with van der Waals surface area (Å²) in [7, 11) is 1.63. The molecule has 3 bridgehead atoms.